The van der Waals surface area contributed by atoms with Gasteiger partial charge in [-0.3, -0.25) is 4.99 Å². The molecule has 1 aromatic carbocycles. The number of nitrogens with zero attached hydrogens (tertiary/aromatic N) is 2. The Hall–Kier alpha value is -2.28. The average molecular weight is 362 g/mol. The molecule has 7 heteroatoms. The van der Waals surface area contributed by atoms with Crippen molar-refractivity contribution in [1.29, 1.82) is 0 Å². The first-order valence-corrected chi connectivity index (χ1v) is 9.05. The van der Waals surface area contributed by atoms with Gasteiger partial charge in [0.05, 0.1) is 31.5 Å². The molecule has 136 valence electrons. The molecule has 0 saturated carbocycles. The maximum Gasteiger partial charge on any atom is 0.191 e. The molecular formula is C18H26N4O2S. The number of ether oxygens (including phenoxy) is 2. The van der Waals surface area contributed by atoms with Crippen molar-refractivity contribution in [2.45, 2.75) is 32.9 Å². The fourth-order valence-electron chi connectivity index (χ4n) is 2.24. The predicted octanol–water partition coefficient (Wildman–Crippen LogP) is 3.15. The number of methoxy groups -OCH3 is 2. The van der Waals surface area contributed by atoms with Crippen LogP contribution in [-0.4, -0.2) is 32.2 Å². The highest BCUT2D eigenvalue weighted by Crippen LogP contribution is 2.27. The van der Waals surface area contributed by atoms with Crippen molar-refractivity contribution in [2.75, 3.05) is 21.3 Å². The molecule has 0 aliphatic heterocycles. The molecule has 0 unspecified atom stereocenters. The van der Waals surface area contributed by atoms with Gasteiger partial charge in [0.25, 0.3) is 0 Å². The maximum atomic E-state index is 5.33. The highest BCUT2D eigenvalue weighted by molar-refractivity contribution is 7.09. The lowest BCUT2D eigenvalue weighted by molar-refractivity contribution is 0.354. The summed E-state index contributed by atoms with van der Waals surface area (Å²) in [7, 11) is 5.02. The molecule has 0 amide bonds. The normalized spacial score (nSPS) is 11.5. The van der Waals surface area contributed by atoms with Crippen LogP contribution < -0.4 is 20.1 Å². The SMILES string of the molecule is CN=C(NCc1ccc(OC)c(OC)c1)NCc1csc(C(C)C)n1. The van der Waals surface area contributed by atoms with E-state index >= 15 is 0 Å². The lowest BCUT2D eigenvalue weighted by Crippen LogP contribution is -2.36. The minimum absolute atomic E-state index is 0.459. The van der Waals surface area contributed by atoms with Crippen LogP contribution in [-0.2, 0) is 13.1 Å². The largest absolute Gasteiger partial charge is 0.493 e. The molecule has 25 heavy (non-hydrogen) atoms. The van der Waals surface area contributed by atoms with E-state index in [-0.39, 0.29) is 0 Å². The van der Waals surface area contributed by atoms with E-state index in [4.69, 9.17) is 9.47 Å². The van der Waals surface area contributed by atoms with Crippen molar-refractivity contribution < 1.29 is 9.47 Å². The van der Waals surface area contributed by atoms with Crippen LogP contribution >= 0.6 is 11.3 Å². The Morgan fingerprint density at radius 2 is 1.88 bits per heavy atom. The second-order valence-electron chi connectivity index (χ2n) is 5.80. The summed E-state index contributed by atoms with van der Waals surface area (Å²) < 4.78 is 10.6. The highest BCUT2D eigenvalue weighted by atomic mass is 32.1. The van der Waals surface area contributed by atoms with Gasteiger partial charge >= 0.3 is 0 Å². The lowest BCUT2D eigenvalue weighted by Gasteiger charge is -2.13. The zero-order valence-electron chi connectivity index (χ0n) is 15.4. The summed E-state index contributed by atoms with van der Waals surface area (Å²) in [4.78, 5) is 8.87. The van der Waals surface area contributed by atoms with E-state index in [1.807, 2.05) is 18.2 Å². The van der Waals surface area contributed by atoms with Crippen molar-refractivity contribution in [1.82, 2.24) is 15.6 Å². The van der Waals surface area contributed by atoms with E-state index in [9.17, 15) is 0 Å². The Bertz CT molecular complexity index is 713. The Morgan fingerprint density at radius 3 is 2.48 bits per heavy atom. The van der Waals surface area contributed by atoms with Crippen LogP contribution in [0.5, 0.6) is 11.5 Å². The molecule has 0 fully saturated rings. The maximum absolute atomic E-state index is 5.33. The summed E-state index contributed by atoms with van der Waals surface area (Å²) in [5.74, 6) is 2.63. The van der Waals surface area contributed by atoms with Crippen LogP contribution in [0.2, 0.25) is 0 Å². The molecule has 6 nitrogen and oxygen atoms in total. The molecule has 1 aromatic heterocycles. The minimum atomic E-state index is 0.459. The first-order chi connectivity index (χ1) is 12.1. The standard InChI is InChI=1S/C18H26N4O2S/c1-12(2)17-22-14(11-25-17)10-21-18(19-3)20-9-13-6-7-15(23-4)16(8-13)24-5/h6-8,11-12H,9-10H2,1-5H3,(H2,19,20,21). The third-order valence-corrected chi connectivity index (χ3v) is 4.83. The second-order valence-corrected chi connectivity index (χ2v) is 6.69. The minimum Gasteiger partial charge on any atom is -0.493 e. The molecule has 2 N–H and O–H groups in total. The number of hydrogen-bond acceptors (Lipinski definition) is 5. The van der Waals surface area contributed by atoms with Crippen LogP contribution in [0.15, 0.2) is 28.6 Å². The molecule has 1 heterocycles. The zero-order valence-corrected chi connectivity index (χ0v) is 16.2. The van der Waals surface area contributed by atoms with Gasteiger partial charge in [-0.2, -0.15) is 0 Å². The third-order valence-electron chi connectivity index (χ3n) is 3.63. The number of thiazole rings is 1. The van der Waals surface area contributed by atoms with Crippen molar-refractivity contribution in [3.8, 4) is 11.5 Å². The van der Waals surface area contributed by atoms with E-state index in [1.165, 1.54) is 0 Å². The quantitative estimate of drug-likeness (QED) is 0.585. The van der Waals surface area contributed by atoms with Crippen LogP contribution in [0.25, 0.3) is 0 Å². The van der Waals surface area contributed by atoms with Crippen LogP contribution in [0.4, 0.5) is 0 Å². The van der Waals surface area contributed by atoms with Crippen LogP contribution in [0.1, 0.15) is 36.0 Å². The fraction of sp³-hybridized carbons (Fsp3) is 0.444. The van der Waals surface area contributed by atoms with Gasteiger partial charge in [-0.1, -0.05) is 19.9 Å². The monoisotopic (exact) mass is 362 g/mol. The number of aromatic nitrogens is 1. The molecule has 0 saturated heterocycles. The Labute approximate surface area is 153 Å². The molecular weight excluding hydrogens is 336 g/mol. The molecule has 0 radical (unpaired) electrons. The van der Waals surface area contributed by atoms with Gasteiger partial charge in [0.1, 0.15) is 0 Å². The smallest absolute Gasteiger partial charge is 0.191 e. The van der Waals surface area contributed by atoms with E-state index in [2.05, 4.69) is 39.8 Å². The average Bonchev–Trinajstić information content (AvgIpc) is 3.11. The molecule has 0 aliphatic rings. The second kappa shape index (κ2) is 9.27. The molecule has 0 aliphatic carbocycles. The summed E-state index contributed by atoms with van der Waals surface area (Å²) in [5.41, 5.74) is 2.11. The Balaban J connectivity index is 1.89. The number of aliphatic imine (C=N–C) groups is 1. The number of guanidine groups is 1. The molecule has 2 aromatic rings. The van der Waals surface area contributed by atoms with E-state index in [0.717, 1.165) is 28.0 Å². The summed E-state index contributed by atoms with van der Waals surface area (Å²) in [6.07, 6.45) is 0. The van der Waals surface area contributed by atoms with Gasteiger partial charge in [-0.05, 0) is 17.7 Å². The van der Waals surface area contributed by atoms with Crippen LogP contribution in [0, 0.1) is 0 Å². The number of benzene rings is 1. The van der Waals surface area contributed by atoms with Gasteiger partial charge in [0.15, 0.2) is 17.5 Å². The van der Waals surface area contributed by atoms with Gasteiger partial charge in [-0.25, -0.2) is 4.98 Å². The topological polar surface area (TPSA) is 67.8 Å². The van der Waals surface area contributed by atoms with Gasteiger partial charge < -0.3 is 20.1 Å². The first kappa shape index (κ1) is 19.1. The fourth-order valence-corrected chi connectivity index (χ4v) is 3.08. The van der Waals surface area contributed by atoms with E-state index in [0.29, 0.717) is 24.8 Å². The Morgan fingerprint density at radius 1 is 1.16 bits per heavy atom. The first-order valence-electron chi connectivity index (χ1n) is 8.17. The molecule has 0 bridgehead atoms. The van der Waals surface area contributed by atoms with E-state index < -0.39 is 0 Å². The lowest BCUT2D eigenvalue weighted by atomic mass is 10.2. The summed E-state index contributed by atoms with van der Waals surface area (Å²) >= 11 is 1.70. The van der Waals surface area contributed by atoms with Crippen molar-refractivity contribution in [3.63, 3.8) is 0 Å². The predicted molar refractivity (Wildman–Crippen MR) is 103 cm³/mol. The summed E-state index contributed by atoms with van der Waals surface area (Å²) in [6.45, 7) is 5.59. The summed E-state index contributed by atoms with van der Waals surface area (Å²) in [6, 6.07) is 5.85. The number of hydrogen-bond donors (Lipinski definition) is 2. The molecule has 0 atom stereocenters. The molecule has 0 spiro atoms. The van der Waals surface area contributed by atoms with Crippen molar-refractivity contribution in [3.05, 3.63) is 39.8 Å². The van der Waals surface area contributed by atoms with E-state index in [1.54, 1.807) is 32.6 Å². The zero-order chi connectivity index (χ0) is 18.2. The van der Waals surface area contributed by atoms with Crippen LogP contribution in [0.3, 0.4) is 0 Å². The molecule has 2 rings (SSSR count). The number of rotatable bonds is 7. The van der Waals surface area contributed by atoms with Gasteiger partial charge in [0, 0.05) is 24.9 Å². The summed E-state index contributed by atoms with van der Waals surface area (Å²) in [5, 5.41) is 9.82. The Kier molecular flexibility index (Phi) is 7.06. The third kappa shape index (κ3) is 5.35. The van der Waals surface area contributed by atoms with Gasteiger partial charge in [0.2, 0.25) is 0 Å². The highest BCUT2D eigenvalue weighted by Gasteiger charge is 2.07. The van der Waals surface area contributed by atoms with Crippen molar-refractivity contribution >= 4 is 17.3 Å². The van der Waals surface area contributed by atoms with Crippen molar-refractivity contribution in [2.24, 2.45) is 4.99 Å². The number of nitrogens with one attached hydrogen (secondary N) is 2. The van der Waals surface area contributed by atoms with Gasteiger partial charge in [-0.15, -0.1) is 11.3 Å².